The van der Waals surface area contributed by atoms with Gasteiger partial charge in [-0.2, -0.15) is 0 Å². The molecule has 0 bridgehead atoms. The predicted octanol–water partition coefficient (Wildman–Crippen LogP) is 3.42. The molecule has 0 aliphatic carbocycles. The summed E-state index contributed by atoms with van der Waals surface area (Å²) < 4.78 is 11.6. The lowest BCUT2D eigenvalue weighted by Crippen LogP contribution is -2.22. The molecule has 1 aromatic carbocycles. The van der Waals surface area contributed by atoms with E-state index in [1.165, 1.54) is 11.1 Å². The molecule has 0 aromatic heterocycles. The Morgan fingerprint density at radius 1 is 1.55 bits per heavy atom. The van der Waals surface area contributed by atoms with Crippen molar-refractivity contribution >= 4 is 6.08 Å². The molecule has 2 atom stereocenters. The normalized spacial score (nSPS) is 19.4. The zero-order chi connectivity index (χ0) is 14.7. The standard InChI is InChI=1S/C17H25NO2/c1-6-19-16-9-15-8-12(3)20-17(15)10-14(16)7-11(2)13(4)18-5/h7,9-10,12-13,18H,6,8H2,1-5H3/b11-7-. The van der Waals surface area contributed by atoms with Gasteiger partial charge in [-0.15, -0.1) is 0 Å². The van der Waals surface area contributed by atoms with E-state index in [0.717, 1.165) is 23.5 Å². The van der Waals surface area contributed by atoms with Gasteiger partial charge >= 0.3 is 0 Å². The maximum atomic E-state index is 5.85. The van der Waals surface area contributed by atoms with Gasteiger partial charge in [0, 0.05) is 23.6 Å². The van der Waals surface area contributed by atoms with E-state index in [9.17, 15) is 0 Å². The van der Waals surface area contributed by atoms with Gasteiger partial charge in [0.15, 0.2) is 0 Å². The molecule has 0 fully saturated rings. The molecule has 3 nitrogen and oxygen atoms in total. The second-order valence-corrected chi connectivity index (χ2v) is 5.46. The van der Waals surface area contributed by atoms with Crippen LogP contribution in [0.5, 0.6) is 11.5 Å². The minimum absolute atomic E-state index is 0.260. The summed E-state index contributed by atoms with van der Waals surface area (Å²) in [6.45, 7) is 9.08. The van der Waals surface area contributed by atoms with Gasteiger partial charge in [-0.25, -0.2) is 0 Å². The largest absolute Gasteiger partial charge is 0.493 e. The smallest absolute Gasteiger partial charge is 0.127 e. The highest BCUT2D eigenvalue weighted by Crippen LogP contribution is 2.36. The van der Waals surface area contributed by atoms with Crippen LogP contribution in [0.1, 0.15) is 38.8 Å². The Kier molecular flexibility index (Phi) is 4.71. The first-order valence-electron chi connectivity index (χ1n) is 7.37. The lowest BCUT2D eigenvalue weighted by atomic mass is 10.0. The minimum atomic E-state index is 0.260. The third-order valence-corrected chi connectivity index (χ3v) is 3.83. The Bertz CT molecular complexity index is 508. The van der Waals surface area contributed by atoms with Crippen molar-refractivity contribution in [3.63, 3.8) is 0 Å². The summed E-state index contributed by atoms with van der Waals surface area (Å²) in [5, 5.41) is 3.26. The molecule has 0 amide bonds. The van der Waals surface area contributed by atoms with E-state index in [0.29, 0.717) is 12.6 Å². The highest BCUT2D eigenvalue weighted by atomic mass is 16.5. The van der Waals surface area contributed by atoms with Crippen LogP contribution in [-0.2, 0) is 6.42 Å². The fourth-order valence-corrected chi connectivity index (χ4v) is 2.45. The van der Waals surface area contributed by atoms with Crippen LogP contribution in [0.4, 0.5) is 0 Å². The second-order valence-electron chi connectivity index (χ2n) is 5.46. The minimum Gasteiger partial charge on any atom is -0.493 e. The summed E-state index contributed by atoms with van der Waals surface area (Å²) in [6.07, 6.45) is 3.40. The van der Waals surface area contributed by atoms with E-state index < -0.39 is 0 Å². The third kappa shape index (κ3) is 3.15. The number of rotatable bonds is 5. The lowest BCUT2D eigenvalue weighted by molar-refractivity contribution is 0.254. The van der Waals surface area contributed by atoms with E-state index in [4.69, 9.17) is 9.47 Å². The van der Waals surface area contributed by atoms with E-state index in [2.05, 4.69) is 44.3 Å². The summed E-state index contributed by atoms with van der Waals surface area (Å²) in [7, 11) is 1.97. The van der Waals surface area contributed by atoms with Crippen molar-refractivity contribution in [2.75, 3.05) is 13.7 Å². The van der Waals surface area contributed by atoms with Gasteiger partial charge in [-0.1, -0.05) is 11.6 Å². The van der Waals surface area contributed by atoms with Gasteiger partial charge in [0.25, 0.3) is 0 Å². The Morgan fingerprint density at radius 2 is 2.30 bits per heavy atom. The fraction of sp³-hybridized carbons (Fsp3) is 0.529. The predicted molar refractivity (Wildman–Crippen MR) is 83.6 cm³/mol. The topological polar surface area (TPSA) is 30.5 Å². The van der Waals surface area contributed by atoms with Crippen molar-refractivity contribution in [1.29, 1.82) is 0 Å². The average molecular weight is 275 g/mol. The van der Waals surface area contributed by atoms with Crippen molar-refractivity contribution in [2.45, 2.75) is 46.3 Å². The molecule has 2 unspecified atom stereocenters. The van der Waals surface area contributed by atoms with Crippen LogP contribution in [0.25, 0.3) is 6.08 Å². The van der Waals surface area contributed by atoms with E-state index in [-0.39, 0.29) is 6.10 Å². The van der Waals surface area contributed by atoms with Crippen molar-refractivity contribution < 1.29 is 9.47 Å². The maximum absolute atomic E-state index is 5.85. The molecule has 0 saturated heterocycles. The zero-order valence-corrected chi connectivity index (χ0v) is 13.1. The molecule has 0 radical (unpaired) electrons. The summed E-state index contributed by atoms with van der Waals surface area (Å²) in [4.78, 5) is 0. The molecule has 1 aliphatic heterocycles. The molecule has 2 rings (SSSR count). The van der Waals surface area contributed by atoms with Gasteiger partial charge in [-0.05, 0) is 46.9 Å². The number of ether oxygens (including phenoxy) is 2. The molecule has 110 valence electrons. The number of likely N-dealkylation sites (N-methyl/N-ethyl adjacent to an activating group) is 1. The van der Waals surface area contributed by atoms with Crippen LogP contribution in [0, 0.1) is 0 Å². The zero-order valence-electron chi connectivity index (χ0n) is 13.1. The number of hydrogen-bond acceptors (Lipinski definition) is 3. The van der Waals surface area contributed by atoms with Gasteiger partial charge in [0.05, 0.1) is 6.61 Å². The quantitative estimate of drug-likeness (QED) is 0.893. The molecule has 1 aromatic rings. The highest BCUT2D eigenvalue weighted by Gasteiger charge is 2.21. The van der Waals surface area contributed by atoms with Crippen molar-refractivity contribution in [3.8, 4) is 11.5 Å². The first kappa shape index (κ1) is 14.9. The molecule has 1 heterocycles. The molecule has 1 N–H and O–H groups in total. The van der Waals surface area contributed by atoms with E-state index in [1.807, 2.05) is 14.0 Å². The molecule has 1 aliphatic rings. The van der Waals surface area contributed by atoms with Crippen molar-refractivity contribution in [3.05, 3.63) is 28.8 Å². The summed E-state index contributed by atoms with van der Waals surface area (Å²) in [5.74, 6) is 1.95. The molecule has 20 heavy (non-hydrogen) atoms. The second kappa shape index (κ2) is 6.31. The monoisotopic (exact) mass is 275 g/mol. The number of nitrogens with one attached hydrogen (secondary N) is 1. The SMILES string of the molecule is CCOc1cc2c(cc1/C=C(/C)C(C)NC)OC(C)C2. The number of benzene rings is 1. The average Bonchev–Trinajstić information content (AvgIpc) is 2.77. The van der Waals surface area contributed by atoms with Crippen LogP contribution < -0.4 is 14.8 Å². The molecular weight excluding hydrogens is 250 g/mol. The van der Waals surface area contributed by atoms with Gasteiger partial charge in [-0.3, -0.25) is 0 Å². The maximum Gasteiger partial charge on any atom is 0.127 e. The highest BCUT2D eigenvalue weighted by molar-refractivity contribution is 5.64. The lowest BCUT2D eigenvalue weighted by Gasteiger charge is -2.14. The molecular formula is C17H25NO2. The molecule has 3 heteroatoms. The van der Waals surface area contributed by atoms with Crippen LogP contribution in [0.2, 0.25) is 0 Å². The van der Waals surface area contributed by atoms with Crippen LogP contribution in [0.15, 0.2) is 17.7 Å². The molecule has 0 saturated carbocycles. The van der Waals surface area contributed by atoms with Crippen LogP contribution >= 0.6 is 0 Å². The Hall–Kier alpha value is -1.48. The van der Waals surface area contributed by atoms with E-state index in [1.54, 1.807) is 0 Å². The Labute approximate surface area is 122 Å². The number of fused-ring (bicyclic) bond motifs is 1. The third-order valence-electron chi connectivity index (χ3n) is 3.83. The summed E-state index contributed by atoms with van der Waals surface area (Å²) in [6, 6.07) is 4.58. The van der Waals surface area contributed by atoms with Gasteiger partial charge in [0.2, 0.25) is 0 Å². The number of hydrogen-bond donors (Lipinski definition) is 1. The van der Waals surface area contributed by atoms with Crippen LogP contribution in [-0.4, -0.2) is 25.8 Å². The summed E-state index contributed by atoms with van der Waals surface area (Å²) in [5.41, 5.74) is 3.62. The fourth-order valence-electron chi connectivity index (χ4n) is 2.45. The first-order chi connectivity index (χ1) is 9.55. The summed E-state index contributed by atoms with van der Waals surface area (Å²) >= 11 is 0. The van der Waals surface area contributed by atoms with Crippen LogP contribution in [0.3, 0.4) is 0 Å². The van der Waals surface area contributed by atoms with Crippen molar-refractivity contribution in [1.82, 2.24) is 5.32 Å². The van der Waals surface area contributed by atoms with E-state index >= 15 is 0 Å². The van der Waals surface area contributed by atoms with Crippen molar-refractivity contribution in [2.24, 2.45) is 0 Å². The Morgan fingerprint density at radius 3 is 2.95 bits per heavy atom. The van der Waals surface area contributed by atoms with Gasteiger partial charge in [0.1, 0.15) is 17.6 Å². The molecule has 0 spiro atoms. The van der Waals surface area contributed by atoms with Gasteiger partial charge < -0.3 is 14.8 Å². The Balaban J connectivity index is 2.38. The first-order valence-corrected chi connectivity index (χ1v) is 7.37.